The van der Waals surface area contributed by atoms with Gasteiger partial charge < -0.3 is 4.74 Å². The van der Waals surface area contributed by atoms with Gasteiger partial charge in [0.25, 0.3) is 6.47 Å². The Labute approximate surface area is 87.5 Å². The molecule has 6 heteroatoms. The average molecular weight is 224 g/mol. The average Bonchev–Trinajstić information content (AvgIpc) is 2.16. The lowest BCUT2D eigenvalue weighted by Crippen LogP contribution is -2.28. The number of carbonyl (C=O) groups is 1. The highest BCUT2D eigenvalue weighted by molar-refractivity contribution is 7.99. The fraction of sp³-hybridized carbons (Fsp3) is 0.857. The van der Waals surface area contributed by atoms with Crippen molar-refractivity contribution in [2.24, 2.45) is 0 Å². The second-order valence-corrected chi connectivity index (χ2v) is 4.25. The molecule has 78 valence electrons. The van der Waals surface area contributed by atoms with Gasteiger partial charge in [0.05, 0.1) is 0 Å². The van der Waals surface area contributed by atoms with E-state index in [0.717, 1.165) is 24.2 Å². The van der Waals surface area contributed by atoms with E-state index in [1.54, 1.807) is 0 Å². The molecule has 0 bridgehead atoms. The van der Waals surface area contributed by atoms with E-state index in [-0.39, 0.29) is 0 Å². The van der Waals surface area contributed by atoms with E-state index >= 15 is 0 Å². The highest BCUT2D eigenvalue weighted by Gasteiger charge is 1.87. The number of hydrogen-bond acceptors (Lipinski definition) is 6. The van der Waals surface area contributed by atoms with Gasteiger partial charge in [0.1, 0.15) is 5.94 Å². The number of nitrogens with one attached hydrogen (secondary N) is 2. The van der Waals surface area contributed by atoms with Gasteiger partial charge in [-0.15, -0.1) is 23.5 Å². The van der Waals surface area contributed by atoms with Gasteiger partial charge in [0.2, 0.25) is 0 Å². The van der Waals surface area contributed by atoms with Gasteiger partial charge in [-0.05, 0) is 5.75 Å². The molecular weight excluding hydrogens is 208 g/mol. The number of carbonyl (C=O) groups excluding carboxylic acids is 1. The highest BCUT2D eigenvalue weighted by Crippen LogP contribution is 1.95. The van der Waals surface area contributed by atoms with E-state index in [9.17, 15) is 4.79 Å². The zero-order valence-corrected chi connectivity index (χ0v) is 9.38. The first kappa shape index (κ1) is 13.1. The number of rotatable bonds is 10. The van der Waals surface area contributed by atoms with Gasteiger partial charge in [0, 0.05) is 18.4 Å². The number of thioether (sulfide) groups is 2. The molecule has 0 saturated heterocycles. The van der Waals surface area contributed by atoms with Crippen LogP contribution in [0.5, 0.6) is 0 Å². The van der Waals surface area contributed by atoms with Crippen LogP contribution in [0, 0.1) is 0 Å². The van der Waals surface area contributed by atoms with Crippen LogP contribution in [0.15, 0.2) is 0 Å². The number of hydrogen-bond donors (Lipinski definition) is 2. The molecule has 0 aromatic heterocycles. The first-order chi connectivity index (χ1) is 6.41. The summed E-state index contributed by atoms with van der Waals surface area (Å²) in [6, 6.07) is 0. The SMILES string of the molecule is CCSCNCNCSCOC=O. The van der Waals surface area contributed by atoms with Crippen molar-refractivity contribution in [3.63, 3.8) is 0 Å². The lowest BCUT2D eigenvalue weighted by Gasteiger charge is -2.05. The Hall–Kier alpha value is 0.0900. The summed E-state index contributed by atoms with van der Waals surface area (Å²) in [4.78, 5) is 9.74. The fourth-order valence-electron chi connectivity index (χ4n) is 0.554. The maximum Gasteiger partial charge on any atom is 0.293 e. The van der Waals surface area contributed by atoms with Crippen molar-refractivity contribution in [1.82, 2.24) is 10.6 Å². The van der Waals surface area contributed by atoms with Crippen molar-refractivity contribution in [3.8, 4) is 0 Å². The van der Waals surface area contributed by atoms with Crippen LogP contribution < -0.4 is 10.6 Å². The summed E-state index contributed by atoms with van der Waals surface area (Å²) in [5, 5.41) is 6.35. The van der Waals surface area contributed by atoms with Crippen LogP contribution in [-0.2, 0) is 9.53 Å². The standard InChI is InChI=1S/C7H16N2O2S2/c1-2-12-4-8-3-9-5-13-7-11-6-10/h6,8-9H,2-5,7H2,1H3. The maximum absolute atomic E-state index is 9.74. The van der Waals surface area contributed by atoms with Gasteiger partial charge in [0.15, 0.2) is 0 Å². The minimum atomic E-state index is 0.417. The van der Waals surface area contributed by atoms with E-state index in [1.807, 2.05) is 11.8 Å². The second kappa shape index (κ2) is 12.1. The molecule has 0 spiro atoms. The summed E-state index contributed by atoms with van der Waals surface area (Å²) in [6.07, 6.45) is 0. The van der Waals surface area contributed by atoms with E-state index in [2.05, 4.69) is 22.3 Å². The fourth-order valence-corrected chi connectivity index (χ4v) is 1.49. The molecular formula is C7H16N2O2S2. The third-order valence-electron chi connectivity index (χ3n) is 1.08. The molecule has 0 rings (SSSR count). The third-order valence-corrected chi connectivity index (χ3v) is 2.61. The largest absolute Gasteiger partial charge is 0.457 e. The zero-order valence-electron chi connectivity index (χ0n) is 7.75. The Morgan fingerprint density at radius 2 is 2.00 bits per heavy atom. The summed E-state index contributed by atoms with van der Waals surface area (Å²) in [5.74, 6) is 3.31. The molecule has 0 aromatic rings. The Balaban J connectivity index is 2.79. The Bertz CT molecular complexity index is 117. The predicted octanol–water partition coefficient (Wildman–Crippen LogP) is 0.655. The van der Waals surface area contributed by atoms with Gasteiger partial charge in [-0.3, -0.25) is 15.4 Å². The Morgan fingerprint density at radius 3 is 2.62 bits per heavy atom. The number of ether oxygens (including phenoxy) is 1. The van der Waals surface area contributed by atoms with Crippen molar-refractivity contribution in [3.05, 3.63) is 0 Å². The Morgan fingerprint density at radius 1 is 1.31 bits per heavy atom. The van der Waals surface area contributed by atoms with E-state index in [0.29, 0.717) is 12.4 Å². The van der Waals surface area contributed by atoms with Crippen LogP contribution in [0.1, 0.15) is 6.92 Å². The van der Waals surface area contributed by atoms with Gasteiger partial charge in [-0.25, -0.2) is 0 Å². The Kier molecular flexibility index (Phi) is 12.2. The monoisotopic (exact) mass is 224 g/mol. The molecule has 0 aliphatic heterocycles. The second-order valence-electron chi connectivity index (χ2n) is 2.04. The van der Waals surface area contributed by atoms with E-state index in [4.69, 9.17) is 0 Å². The normalized spacial score (nSPS) is 9.92. The maximum atomic E-state index is 9.74. The van der Waals surface area contributed by atoms with Crippen molar-refractivity contribution in [2.45, 2.75) is 6.92 Å². The van der Waals surface area contributed by atoms with Gasteiger partial charge >= 0.3 is 0 Å². The molecule has 0 fully saturated rings. The first-order valence-corrected chi connectivity index (χ1v) is 6.35. The summed E-state index contributed by atoms with van der Waals surface area (Å²) >= 11 is 3.38. The molecule has 0 atom stereocenters. The van der Waals surface area contributed by atoms with Gasteiger partial charge in [-0.1, -0.05) is 6.92 Å². The minimum Gasteiger partial charge on any atom is -0.457 e. The van der Waals surface area contributed by atoms with Crippen molar-refractivity contribution >= 4 is 30.0 Å². The molecule has 0 aromatic carbocycles. The van der Waals surface area contributed by atoms with Crippen molar-refractivity contribution in [1.29, 1.82) is 0 Å². The molecule has 0 aliphatic rings. The summed E-state index contributed by atoms with van der Waals surface area (Å²) in [7, 11) is 0. The molecule has 4 nitrogen and oxygen atoms in total. The van der Waals surface area contributed by atoms with E-state index in [1.165, 1.54) is 11.8 Å². The predicted molar refractivity (Wildman–Crippen MR) is 58.6 cm³/mol. The van der Waals surface area contributed by atoms with Crippen LogP contribution in [0.4, 0.5) is 0 Å². The van der Waals surface area contributed by atoms with Crippen LogP contribution in [0.2, 0.25) is 0 Å². The molecule has 0 heterocycles. The molecule has 0 saturated carbocycles. The lowest BCUT2D eigenvalue weighted by atomic mass is 11.0. The summed E-state index contributed by atoms with van der Waals surface area (Å²) in [5.41, 5.74) is 0. The molecule has 2 N–H and O–H groups in total. The molecule has 0 amide bonds. The molecule has 13 heavy (non-hydrogen) atoms. The topological polar surface area (TPSA) is 50.4 Å². The minimum absolute atomic E-state index is 0.417. The van der Waals surface area contributed by atoms with Crippen LogP contribution >= 0.6 is 23.5 Å². The van der Waals surface area contributed by atoms with Gasteiger partial charge in [-0.2, -0.15) is 0 Å². The zero-order chi connectivity index (χ0) is 9.78. The first-order valence-electron chi connectivity index (χ1n) is 4.04. The summed E-state index contributed by atoms with van der Waals surface area (Å²) < 4.78 is 4.50. The van der Waals surface area contributed by atoms with Crippen LogP contribution in [0.3, 0.4) is 0 Å². The quantitative estimate of drug-likeness (QED) is 0.323. The molecule has 0 radical (unpaired) electrons. The van der Waals surface area contributed by atoms with Crippen molar-refractivity contribution in [2.75, 3.05) is 30.1 Å². The summed E-state index contributed by atoms with van der Waals surface area (Å²) in [6.45, 7) is 3.39. The third kappa shape index (κ3) is 12.1. The highest BCUT2D eigenvalue weighted by atomic mass is 32.2. The van der Waals surface area contributed by atoms with Crippen LogP contribution in [0.25, 0.3) is 0 Å². The van der Waals surface area contributed by atoms with Crippen molar-refractivity contribution < 1.29 is 9.53 Å². The van der Waals surface area contributed by atoms with Crippen LogP contribution in [-0.4, -0.2) is 36.6 Å². The molecule has 0 unspecified atom stereocenters. The van der Waals surface area contributed by atoms with E-state index < -0.39 is 0 Å². The smallest absolute Gasteiger partial charge is 0.293 e. The lowest BCUT2D eigenvalue weighted by molar-refractivity contribution is -0.126. The molecule has 0 aliphatic carbocycles.